The van der Waals surface area contributed by atoms with E-state index in [4.69, 9.17) is 9.47 Å². The quantitative estimate of drug-likeness (QED) is 0.772. The Morgan fingerprint density at radius 2 is 1.81 bits per heavy atom. The van der Waals surface area contributed by atoms with Gasteiger partial charge in [-0.2, -0.15) is 0 Å². The minimum Gasteiger partial charge on any atom is -0.482 e. The molecule has 1 heterocycles. The first-order valence-corrected chi connectivity index (χ1v) is 8.35. The lowest BCUT2D eigenvalue weighted by Crippen LogP contribution is -2.47. The van der Waals surface area contributed by atoms with Gasteiger partial charge >= 0.3 is 5.97 Å². The number of carbonyl (C=O) groups excluding carboxylic acids is 2. The lowest BCUT2D eigenvalue weighted by Gasteiger charge is -2.25. The molecular weight excluding hydrogens is 332 g/mol. The average Bonchev–Trinajstić information content (AvgIpc) is 2.60. The summed E-state index contributed by atoms with van der Waals surface area (Å²) in [6.45, 7) is 7.34. The average molecular weight is 356 g/mol. The van der Waals surface area contributed by atoms with Gasteiger partial charge in [0.15, 0.2) is 6.61 Å². The number of pyridine rings is 1. The Morgan fingerprint density at radius 1 is 1.12 bits per heavy atom. The Labute approximate surface area is 153 Å². The van der Waals surface area contributed by atoms with Crippen LogP contribution in [0.5, 0.6) is 5.75 Å². The van der Waals surface area contributed by atoms with Crippen LogP contribution in [0.3, 0.4) is 0 Å². The fourth-order valence-corrected chi connectivity index (χ4v) is 2.32. The summed E-state index contributed by atoms with van der Waals surface area (Å²) < 4.78 is 10.7. The van der Waals surface area contributed by atoms with Crippen LogP contribution >= 0.6 is 0 Å². The molecule has 6 nitrogen and oxygen atoms in total. The first-order chi connectivity index (χ1) is 12.3. The van der Waals surface area contributed by atoms with E-state index in [1.54, 1.807) is 38.4 Å². The molecule has 0 spiro atoms. The molecule has 0 atom stereocenters. The largest absolute Gasteiger partial charge is 0.482 e. The van der Waals surface area contributed by atoms with Crippen molar-refractivity contribution < 1.29 is 19.1 Å². The highest BCUT2D eigenvalue weighted by atomic mass is 16.6. The Kier molecular flexibility index (Phi) is 6.33. The first kappa shape index (κ1) is 19.4. The molecule has 2 rings (SSSR count). The molecule has 26 heavy (non-hydrogen) atoms. The van der Waals surface area contributed by atoms with Crippen molar-refractivity contribution in [3.8, 4) is 5.75 Å². The topological polar surface area (TPSA) is 77.5 Å². The maximum atomic E-state index is 12.2. The van der Waals surface area contributed by atoms with E-state index in [0.717, 1.165) is 11.1 Å². The van der Waals surface area contributed by atoms with Crippen molar-refractivity contribution in [3.05, 3.63) is 59.4 Å². The molecule has 6 heteroatoms. The van der Waals surface area contributed by atoms with E-state index in [1.807, 2.05) is 32.0 Å². The minimum absolute atomic E-state index is 0.0406. The summed E-state index contributed by atoms with van der Waals surface area (Å²) in [5.74, 6) is -0.0889. The standard InChI is InChI=1S/C20H24N2O4/c1-14-5-6-17(15(2)11-14)25-12-18(23)26-13-20(3,4)22-19(24)16-7-9-21-10-8-16/h5-11H,12-13H2,1-4H3,(H,22,24). The van der Waals surface area contributed by atoms with Crippen LogP contribution in [0, 0.1) is 13.8 Å². The predicted molar refractivity (Wildman–Crippen MR) is 98.2 cm³/mol. The van der Waals surface area contributed by atoms with Crippen LogP contribution in [-0.2, 0) is 9.53 Å². The normalized spacial score (nSPS) is 10.9. The Morgan fingerprint density at radius 3 is 2.46 bits per heavy atom. The van der Waals surface area contributed by atoms with Crippen LogP contribution in [0.15, 0.2) is 42.7 Å². The van der Waals surface area contributed by atoms with Gasteiger partial charge in [0.2, 0.25) is 0 Å². The smallest absolute Gasteiger partial charge is 0.344 e. The van der Waals surface area contributed by atoms with Crippen molar-refractivity contribution >= 4 is 11.9 Å². The second-order valence-corrected chi connectivity index (χ2v) is 6.79. The van der Waals surface area contributed by atoms with Gasteiger partial charge in [-0.15, -0.1) is 0 Å². The molecule has 1 aromatic heterocycles. The number of aromatic nitrogens is 1. The molecule has 0 aliphatic rings. The molecule has 1 aromatic carbocycles. The number of aryl methyl sites for hydroxylation is 2. The van der Waals surface area contributed by atoms with Crippen LogP contribution in [0.4, 0.5) is 0 Å². The fourth-order valence-electron chi connectivity index (χ4n) is 2.32. The van der Waals surface area contributed by atoms with Crippen molar-refractivity contribution in [3.63, 3.8) is 0 Å². The third kappa shape index (κ3) is 5.88. The molecule has 0 bridgehead atoms. The van der Waals surface area contributed by atoms with Gasteiger partial charge in [0.1, 0.15) is 12.4 Å². The zero-order valence-electron chi connectivity index (χ0n) is 15.5. The van der Waals surface area contributed by atoms with E-state index in [9.17, 15) is 9.59 Å². The molecule has 1 amide bonds. The Balaban J connectivity index is 1.80. The van der Waals surface area contributed by atoms with Crippen molar-refractivity contribution in [2.24, 2.45) is 0 Å². The number of nitrogens with one attached hydrogen (secondary N) is 1. The van der Waals surface area contributed by atoms with Crippen LogP contribution in [0.25, 0.3) is 0 Å². The van der Waals surface area contributed by atoms with Crippen molar-refractivity contribution in [2.75, 3.05) is 13.2 Å². The van der Waals surface area contributed by atoms with E-state index in [0.29, 0.717) is 11.3 Å². The highest BCUT2D eigenvalue weighted by molar-refractivity contribution is 5.94. The molecule has 1 N–H and O–H groups in total. The number of rotatable bonds is 7. The number of esters is 1. The predicted octanol–water partition coefficient (Wildman–Crippen LogP) is 2.83. The third-order valence-electron chi connectivity index (χ3n) is 3.66. The maximum absolute atomic E-state index is 12.2. The number of amides is 1. The number of benzene rings is 1. The molecule has 0 aliphatic heterocycles. The lowest BCUT2D eigenvalue weighted by molar-refractivity contribution is -0.147. The molecule has 0 fully saturated rings. The van der Waals surface area contributed by atoms with Crippen molar-refractivity contribution in [1.82, 2.24) is 10.3 Å². The van der Waals surface area contributed by atoms with Crippen molar-refractivity contribution in [2.45, 2.75) is 33.2 Å². The number of hydrogen-bond acceptors (Lipinski definition) is 5. The Hall–Kier alpha value is -2.89. The van der Waals surface area contributed by atoms with Gasteiger partial charge in [0.25, 0.3) is 5.91 Å². The summed E-state index contributed by atoms with van der Waals surface area (Å²) in [5, 5.41) is 2.83. The highest BCUT2D eigenvalue weighted by Gasteiger charge is 2.23. The van der Waals surface area contributed by atoms with Crippen LogP contribution in [0.1, 0.15) is 35.3 Å². The van der Waals surface area contributed by atoms with Gasteiger partial charge in [0, 0.05) is 18.0 Å². The highest BCUT2D eigenvalue weighted by Crippen LogP contribution is 2.18. The monoisotopic (exact) mass is 356 g/mol. The molecular formula is C20H24N2O4. The van der Waals surface area contributed by atoms with E-state index in [-0.39, 0.29) is 19.1 Å². The summed E-state index contributed by atoms with van der Waals surface area (Å²) in [6, 6.07) is 8.98. The number of hydrogen-bond donors (Lipinski definition) is 1. The number of ether oxygens (including phenoxy) is 2. The zero-order chi connectivity index (χ0) is 19.2. The summed E-state index contributed by atoms with van der Waals surface area (Å²) in [5.41, 5.74) is 1.87. The van der Waals surface area contributed by atoms with Gasteiger partial charge in [-0.1, -0.05) is 17.7 Å². The SMILES string of the molecule is Cc1ccc(OCC(=O)OCC(C)(C)NC(=O)c2ccncc2)c(C)c1. The van der Waals surface area contributed by atoms with Crippen molar-refractivity contribution in [1.29, 1.82) is 0 Å². The van der Waals surface area contributed by atoms with Gasteiger partial charge in [-0.25, -0.2) is 4.79 Å². The molecule has 0 aliphatic carbocycles. The lowest BCUT2D eigenvalue weighted by atomic mass is 10.1. The van der Waals surface area contributed by atoms with E-state index >= 15 is 0 Å². The second-order valence-electron chi connectivity index (χ2n) is 6.79. The summed E-state index contributed by atoms with van der Waals surface area (Å²) in [4.78, 5) is 28.0. The zero-order valence-corrected chi connectivity index (χ0v) is 15.5. The van der Waals surface area contributed by atoms with Crippen LogP contribution < -0.4 is 10.1 Å². The van der Waals surface area contributed by atoms with Gasteiger partial charge in [-0.3, -0.25) is 9.78 Å². The summed E-state index contributed by atoms with van der Waals surface area (Å²) >= 11 is 0. The molecule has 0 saturated carbocycles. The van der Waals surface area contributed by atoms with Gasteiger partial charge < -0.3 is 14.8 Å². The maximum Gasteiger partial charge on any atom is 0.344 e. The molecule has 0 unspecified atom stereocenters. The number of nitrogens with zero attached hydrogens (tertiary/aromatic N) is 1. The van der Waals surface area contributed by atoms with Crippen LogP contribution in [0.2, 0.25) is 0 Å². The van der Waals surface area contributed by atoms with Gasteiger partial charge in [-0.05, 0) is 51.5 Å². The van der Waals surface area contributed by atoms with E-state index < -0.39 is 11.5 Å². The molecule has 2 aromatic rings. The fraction of sp³-hybridized carbons (Fsp3) is 0.350. The van der Waals surface area contributed by atoms with Gasteiger partial charge in [0.05, 0.1) is 5.54 Å². The Bertz CT molecular complexity index is 773. The summed E-state index contributed by atoms with van der Waals surface area (Å²) in [7, 11) is 0. The van der Waals surface area contributed by atoms with Crippen LogP contribution in [-0.4, -0.2) is 35.6 Å². The number of carbonyl (C=O) groups is 2. The minimum atomic E-state index is -0.713. The third-order valence-corrected chi connectivity index (χ3v) is 3.66. The van der Waals surface area contributed by atoms with E-state index in [2.05, 4.69) is 10.3 Å². The molecule has 138 valence electrons. The second kappa shape index (κ2) is 8.47. The first-order valence-electron chi connectivity index (χ1n) is 8.35. The molecule has 0 radical (unpaired) electrons. The summed E-state index contributed by atoms with van der Waals surface area (Å²) in [6.07, 6.45) is 3.10. The van der Waals surface area contributed by atoms with E-state index in [1.165, 1.54) is 0 Å². The molecule has 0 saturated heterocycles.